The Bertz CT molecular complexity index is 392. The number of alkyl halides is 1. The third kappa shape index (κ3) is 2.78. The Morgan fingerprint density at radius 3 is 2.60 bits per heavy atom. The molecule has 0 spiro atoms. The summed E-state index contributed by atoms with van der Waals surface area (Å²) in [6.07, 6.45) is 0. The molecule has 1 aromatic rings. The summed E-state index contributed by atoms with van der Waals surface area (Å²) < 4.78 is 25.1. The van der Waals surface area contributed by atoms with Gasteiger partial charge in [-0.05, 0) is 12.1 Å². The van der Waals surface area contributed by atoms with E-state index in [1.807, 2.05) is 0 Å². The third-order valence-corrected chi connectivity index (χ3v) is 1.79. The van der Waals surface area contributed by atoms with Crippen molar-refractivity contribution in [1.29, 1.82) is 5.26 Å². The minimum Gasteiger partial charge on any atom is -0.505 e. The van der Waals surface area contributed by atoms with Gasteiger partial charge in [0.2, 0.25) is 0 Å². The van der Waals surface area contributed by atoms with Crippen LogP contribution >= 0.6 is 12.4 Å². The minimum atomic E-state index is -1.11. The maximum atomic E-state index is 12.9. The second-order valence-corrected chi connectivity index (χ2v) is 2.77. The van der Waals surface area contributed by atoms with E-state index >= 15 is 0 Å². The van der Waals surface area contributed by atoms with Gasteiger partial charge in [-0.15, -0.1) is 12.4 Å². The smallest absolute Gasteiger partial charge is 0.166 e. The molecule has 0 unspecified atom stereocenters. The van der Waals surface area contributed by atoms with E-state index in [4.69, 9.17) is 11.0 Å². The molecular weight excluding hydrogens is 226 g/mol. The van der Waals surface area contributed by atoms with Crippen LogP contribution in [0.3, 0.4) is 0 Å². The highest BCUT2D eigenvalue weighted by Crippen LogP contribution is 2.27. The van der Waals surface area contributed by atoms with Crippen molar-refractivity contribution in [3.05, 3.63) is 29.1 Å². The number of aromatic hydroxyl groups is 1. The first-order valence-corrected chi connectivity index (χ1v) is 3.84. The van der Waals surface area contributed by atoms with Crippen LogP contribution in [0.5, 0.6) is 5.75 Å². The molecule has 0 aliphatic rings. The number of nitrogens with two attached hydrogens (primary N) is 1. The number of halogens is 3. The Hall–Kier alpha value is -1.38. The summed E-state index contributed by atoms with van der Waals surface area (Å²) in [5, 5.41) is 17.7. The fourth-order valence-corrected chi connectivity index (χ4v) is 1.05. The fraction of sp³-hybridized carbons (Fsp3) is 0.222. The van der Waals surface area contributed by atoms with E-state index < -0.39 is 24.3 Å². The molecule has 0 heterocycles. The van der Waals surface area contributed by atoms with E-state index in [0.717, 1.165) is 6.07 Å². The average molecular weight is 235 g/mol. The van der Waals surface area contributed by atoms with Crippen LogP contribution in [-0.2, 0) is 0 Å². The Morgan fingerprint density at radius 1 is 1.53 bits per heavy atom. The summed E-state index contributed by atoms with van der Waals surface area (Å²) in [4.78, 5) is 0. The first-order valence-electron chi connectivity index (χ1n) is 3.84. The van der Waals surface area contributed by atoms with Crippen molar-refractivity contribution in [1.82, 2.24) is 0 Å². The minimum absolute atomic E-state index is 0. The van der Waals surface area contributed by atoms with E-state index in [9.17, 15) is 13.9 Å². The van der Waals surface area contributed by atoms with Gasteiger partial charge in [0.05, 0.1) is 17.7 Å². The van der Waals surface area contributed by atoms with Crippen LogP contribution in [0.1, 0.15) is 17.2 Å². The Balaban J connectivity index is 0.00000196. The van der Waals surface area contributed by atoms with Crippen molar-refractivity contribution in [2.75, 3.05) is 6.67 Å². The molecule has 1 aromatic carbocycles. The molecule has 0 radical (unpaired) electrons. The van der Waals surface area contributed by atoms with Crippen LogP contribution in [0, 0.1) is 17.1 Å². The van der Waals surface area contributed by atoms with Crippen molar-refractivity contribution in [3.63, 3.8) is 0 Å². The van der Waals surface area contributed by atoms with E-state index in [0.29, 0.717) is 0 Å². The van der Waals surface area contributed by atoms with Crippen LogP contribution in [0.2, 0.25) is 0 Å². The molecule has 3 nitrogen and oxygen atoms in total. The summed E-state index contributed by atoms with van der Waals surface area (Å²) in [7, 11) is 0. The molecule has 0 fully saturated rings. The molecule has 0 aliphatic carbocycles. The quantitative estimate of drug-likeness (QED) is 0.820. The van der Waals surface area contributed by atoms with Gasteiger partial charge in [0.1, 0.15) is 6.67 Å². The Labute approximate surface area is 91.5 Å². The number of phenols is 1. The fourth-order valence-electron chi connectivity index (χ4n) is 1.05. The highest BCUT2D eigenvalue weighted by atomic mass is 35.5. The van der Waals surface area contributed by atoms with E-state index in [-0.39, 0.29) is 23.5 Å². The SMILES string of the molecule is Cl.N#Cc1cc(F)c(O)c([C@H](N)CF)c1. The summed E-state index contributed by atoms with van der Waals surface area (Å²) in [5.41, 5.74) is 5.18. The lowest BCUT2D eigenvalue weighted by molar-refractivity contribution is 0.396. The number of hydrogen-bond acceptors (Lipinski definition) is 3. The monoisotopic (exact) mass is 234 g/mol. The van der Waals surface area contributed by atoms with Crippen LogP contribution in [0.15, 0.2) is 12.1 Å². The van der Waals surface area contributed by atoms with Gasteiger partial charge in [0, 0.05) is 5.56 Å². The number of phenolic OH excluding ortho intramolecular Hbond substituents is 1. The van der Waals surface area contributed by atoms with E-state index in [1.165, 1.54) is 6.07 Å². The molecule has 1 rings (SSSR count). The van der Waals surface area contributed by atoms with E-state index in [2.05, 4.69) is 0 Å². The molecule has 0 aliphatic heterocycles. The predicted molar refractivity (Wildman–Crippen MR) is 52.9 cm³/mol. The van der Waals surface area contributed by atoms with Gasteiger partial charge in [-0.2, -0.15) is 5.26 Å². The standard InChI is InChI=1S/C9H8F2N2O.ClH/c10-3-8(13)6-1-5(4-12)2-7(11)9(6)14;/h1-2,8,14H,3,13H2;1H/t8-;/m1./s1. The maximum Gasteiger partial charge on any atom is 0.166 e. The van der Waals surface area contributed by atoms with Crippen LogP contribution in [-0.4, -0.2) is 11.8 Å². The highest BCUT2D eigenvalue weighted by Gasteiger charge is 2.15. The zero-order valence-corrected chi connectivity index (χ0v) is 8.39. The predicted octanol–water partition coefficient (Wildman–Crippen LogP) is 1.79. The summed E-state index contributed by atoms with van der Waals surface area (Å²) >= 11 is 0. The van der Waals surface area contributed by atoms with Crippen molar-refractivity contribution in [2.24, 2.45) is 5.73 Å². The van der Waals surface area contributed by atoms with Gasteiger partial charge >= 0.3 is 0 Å². The number of nitriles is 1. The third-order valence-electron chi connectivity index (χ3n) is 1.79. The zero-order valence-electron chi connectivity index (χ0n) is 7.58. The van der Waals surface area contributed by atoms with Gasteiger partial charge in [-0.1, -0.05) is 0 Å². The van der Waals surface area contributed by atoms with E-state index in [1.54, 1.807) is 6.07 Å². The van der Waals surface area contributed by atoms with Crippen molar-refractivity contribution >= 4 is 12.4 Å². The maximum absolute atomic E-state index is 12.9. The molecule has 82 valence electrons. The van der Waals surface area contributed by atoms with Crippen molar-refractivity contribution < 1.29 is 13.9 Å². The molecule has 0 bridgehead atoms. The molecule has 1 atom stereocenters. The Kier molecular flexibility index (Phi) is 4.98. The first kappa shape index (κ1) is 13.6. The van der Waals surface area contributed by atoms with Gasteiger partial charge in [0.15, 0.2) is 11.6 Å². The van der Waals surface area contributed by atoms with Crippen LogP contribution < -0.4 is 5.73 Å². The lowest BCUT2D eigenvalue weighted by Crippen LogP contribution is -2.13. The largest absolute Gasteiger partial charge is 0.505 e. The lowest BCUT2D eigenvalue weighted by Gasteiger charge is -2.10. The molecule has 0 saturated carbocycles. The number of benzene rings is 1. The molecule has 6 heteroatoms. The lowest BCUT2D eigenvalue weighted by atomic mass is 10.0. The molecular formula is C9H9ClF2N2O. The Morgan fingerprint density at radius 2 is 2.13 bits per heavy atom. The van der Waals surface area contributed by atoms with Crippen LogP contribution in [0.4, 0.5) is 8.78 Å². The number of nitrogens with zero attached hydrogens (tertiary/aromatic N) is 1. The molecule has 0 aromatic heterocycles. The van der Waals surface area contributed by atoms with Gasteiger partial charge in [-0.25, -0.2) is 8.78 Å². The highest BCUT2D eigenvalue weighted by molar-refractivity contribution is 5.85. The molecule has 0 saturated heterocycles. The zero-order chi connectivity index (χ0) is 10.7. The number of rotatable bonds is 2. The second-order valence-electron chi connectivity index (χ2n) is 2.77. The summed E-state index contributed by atoms with van der Waals surface area (Å²) in [5.74, 6) is -1.67. The topological polar surface area (TPSA) is 70.0 Å². The normalized spacial score (nSPS) is 11.3. The van der Waals surface area contributed by atoms with Gasteiger partial charge in [-0.3, -0.25) is 0 Å². The summed E-state index contributed by atoms with van der Waals surface area (Å²) in [6, 6.07) is 2.61. The number of hydrogen-bond donors (Lipinski definition) is 2. The molecule has 3 N–H and O–H groups in total. The second kappa shape index (κ2) is 5.49. The van der Waals surface area contributed by atoms with Crippen molar-refractivity contribution in [3.8, 4) is 11.8 Å². The summed E-state index contributed by atoms with van der Waals surface area (Å²) in [6.45, 7) is -0.929. The molecule has 0 amide bonds. The van der Waals surface area contributed by atoms with Crippen LogP contribution in [0.25, 0.3) is 0 Å². The first-order chi connectivity index (χ1) is 6.60. The van der Waals surface area contributed by atoms with Gasteiger partial charge < -0.3 is 10.8 Å². The van der Waals surface area contributed by atoms with Crippen molar-refractivity contribution in [2.45, 2.75) is 6.04 Å². The molecule has 15 heavy (non-hydrogen) atoms. The average Bonchev–Trinajstić information content (AvgIpc) is 2.20. The van der Waals surface area contributed by atoms with Gasteiger partial charge in [0.25, 0.3) is 0 Å².